The summed E-state index contributed by atoms with van der Waals surface area (Å²) >= 11 is 0. The minimum atomic E-state index is -1.72. The molecule has 0 aromatic rings. The lowest BCUT2D eigenvalue weighted by Crippen LogP contribution is -2.48. The maximum atomic E-state index is 6.40. The predicted molar refractivity (Wildman–Crippen MR) is 123 cm³/mol. The van der Waals surface area contributed by atoms with Gasteiger partial charge in [-0.3, -0.25) is 0 Å². The van der Waals surface area contributed by atoms with E-state index in [0.29, 0.717) is 12.0 Å². The first kappa shape index (κ1) is 25.1. The molecule has 0 saturated carbocycles. The lowest BCUT2D eigenvalue weighted by molar-refractivity contribution is -0.306. The topological polar surface area (TPSA) is 36.9 Å². The Morgan fingerprint density at radius 3 is 2.38 bits per heavy atom. The molecule has 0 N–H and O–H groups in total. The summed E-state index contributed by atoms with van der Waals surface area (Å²) < 4.78 is 25.3. The zero-order chi connectivity index (χ0) is 21.9. The van der Waals surface area contributed by atoms with Gasteiger partial charge in [0.15, 0.2) is 14.1 Å². The molecule has 2 saturated heterocycles. The highest BCUT2D eigenvalue weighted by atomic mass is 28.4. The third-order valence-corrected chi connectivity index (χ3v) is 11.5. The molecular weight excluding hydrogens is 380 g/mol. The third kappa shape index (κ3) is 7.46. The smallest absolute Gasteiger partial charge is 0.191 e. The molecule has 0 spiro atoms. The molecule has 5 atom stereocenters. The second kappa shape index (κ2) is 9.95. The van der Waals surface area contributed by atoms with Gasteiger partial charge in [0.1, 0.15) is 0 Å². The van der Waals surface area contributed by atoms with Gasteiger partial charge in [0.05, 0.1) is 24.4 Å². The Morgan fingerprint density at radius 1 is 1.10 bits per heavy atom. The second-order valence-electron chi connectivity index (χ2n) is 11.1. The number of ether oxygens (including phenoxy) is 3. The summed E-state index contributed by atoms with van der Waals surface area (Å²) in [5.41, 5.74) is 0. The SMILES string of the molecule is C=CC[C@@H]1CC[C@H](C)[C@@H](C[C@@H]2C[C@H](CCO[Si](C)(C)C(C)(C)C)OC(C)(C)O2)O1. The molecule has 170 valence electrons. The number of rotatable bonds is 8. The van der Waals surface area contributed by atoms with Crippen molar-refractivity contribution < 1.29 is 18.6 Å². The Morgan fingerprint density at radius 2 is 1.76 bits per heavy atom. The minimum Gasteiger partial charge on any atom is -0.417 e. The van der Waals surface area contributed by atoms with Crippen LogP contribution in [0, 0.1) is 5.92 Å². The second-order valence-corrected chi connectivity index (χ2v) is 15.9. The molecule has 0 radical (unpaired) electrons. The molecule has 0 amide bonds. The fourth-order valence-electron chi connectivity index (χ4n) is 4.19. The summed E-state index contributed by atoms with van der Waals surface area (Å²) in [6.07, 6.45) is 8.99. The summed E-state index contributed by atoms with van der Waals surface area (Å²) in [6.45, 7) is 22.5. The highest BCUT2D eigenvalue weighted by molar-refractivity contribution is 6.74. The van der Waals surface area contributed by atoms with Crippen molar-refractivity contribution in [2.75, 3.05) is 6.61 Å². The zero-order valence-electron chi connectivity index (χ0n) is 20.3. The van der Waals surface area contributed by atoms with Crippen LogP contribution < -0.4 is 0 Å². The summed E-state index contributed by atoms with van der Waals surface area (Å²) in [5, 5.41) is 0.238. The predicted octanol–water partition coefficient (Wildman–Crippen LogP) is 6.46. The lowest BCUT2D eigenvalue weighted by atomic mass is 9.88. The van der Waals surface area contributed by atoms with Gasteiger partial charge in [-0.1, -0.05) is 33.8 Å². The van der Waals surface area contributed by atoms with Crippen LogP contribution in [0.15, 0.2) is 12.7 Å². The summed E-state index contributed by atoms with van der Waals surface area (Å²) in [5.74, 6) is 0.0224. The van der Waals surface area contributed by atoms with Gasteiger partial charge in [-0.15, -0.1) is 6.58 Å². The van der Waals surface area contributed by atoms with Crippen LogP contribution in [-0.4, -0.2) is 45.1 Å². The Kier molecular flexibility index (Phi) is 8.60. The molecular formula is C24H46O4Si. The minimum absolute atomic E-state index is 0.173. The molecule has 0 aromatic carbocycles. The van der Waals surface area contributed by atoms with Crippen LogP contribution in [0.3, 0.4) is 0 Å². The maximum Gasteiger partial charge on any atom is 0.191 e. The molecule has 2 aliphatic heterocycles. The Hall–Kier alpha value is -0.203. The van der Waals surface area contributed by atoms with Gasteiger partial charge in [-0.2, -0.15) is 0 Å². The van der Waals surface area contributed by atoms with E-state index in [9.17, 15) is 0 Å². The van der Waals surface area contributed by atoms with E-state index < -0.39 is 14.1 Å². The monoisotopic (exact) mass is 426 g/mol. The molecule has 2 fully saturated rings. The number of hydrogen-bond acceptors (Lipinski definition) is 4. The van der Waals surface area contributed by atoms with E-state index >= 15 is 0 Å². The van der Waals surface area contributed by atoms with Crippen LogP contribution in [0.1, 0.15) is 80.1 Å². The normalized spacial score (nSPS) is 33.4. The van der Waals surface area contributed by atoms with Crippen LogP contribution in [0.2, 0.25) is 18.1 Å². The summed E-state index contributed by atoms with van der Waals surface area (Å²) in [7, 11) is -1.72. The van der Waals surface area contributed by atoms with E-state index in [1.807, 2.05) is 19.9 Å². The van der Waals surface area contributed by atoms with Crippen LogP contribution in [0.25, 0.3) is 0 Å². The van der Waals surface area contributed by atoms with Gasteiger partial charge < -0.3 is 18.6 Å². The van der Waals surface area contributed by atoms with E-state index in [0.717, 1.165) is 38.7 Å². The standard InChI is InChI=1S/C24H46O4Si/c1-10-11-19-13-12-18(2)22(26-19)17-21-16-20(27-24(6,7)28-21)14-15-25-29(8,9)23(3,4)5/h10,18-22H,1,11-17H2,2-9H3/t18-,19+,20-,21-,22+/m0/s1. The van der Waals surface area contributed by atoms with Gasteiger partial charge in [-0.05, 0) is 63.6 Å². The largest absolute Gasteiger partial charge is 0.417 e. The van der Waals surface area contributed by atoms with Gasteiger partial charge in [0, 0.05) is 19.4 Å². The van der Waals surface area contributed by atoms with E-state index in [1.54, 1.807) is 0 Å². The molecule has 29 heavy (non-hydrogen) atoms. The third-order valence-electron chi connectivity index (χ3n) is 7.01. The average molecular weight is 427 g/mol. The molecule has 2 heterocycles. The molecule has 0 aromatic heterocycles. The fraction of sp³-hybridized carbons (Fsp3) is 0.917. The van der Waals surface area contributed by atoms with Crippen molar-refractivity contribution in [2.24, 2.45) is 5.92 Å². The first-order valence-corrected chi connectivity index (χ1v) is 14.5. The molecule has 2 rings (SSSR count). The van der Waals surface area contributed by atoms with Crippen LogP contribution in [0.4, 0.5) is 0 Å². The van der Waals surface area contributed by atoms with E-state index in [4.69, 9.17) is 18.6 Å². The van der Waals surface area contributed by atoms with Crippen LogP contribution in [0.5, 0.6) is 0 Å². The molecule has 2 aliphatic rings. The van der Waals surface area contributed by atoms with Crippen molar-refractivity contribution in [3.63, 3.8) is 0 Å². The van der Waals surface area contributed by atoms with Crippen molar-refractivity contribution in [2.45, 2.75) is 128 Å². The fourth-order valence-corrected chi connectivity index (χ4v) is 5.25. The lowest BCUT2D eigenvalue weighted by Gasteiger charge is -2.44. The molecule has 0 aliphatic carbocycles. The Bertz CT molecular complexity index is 525. The van der Waals surface area contributed by atoms with E-state index in [1.165, 1.54) is 6.42 Å². The molecule has 0 bridgehead atoms. The summed E-state index contributed by atoms with van der Waals surface area (Å²) in [6, 6.07) is 0. The Labute approximate surface area is 180 Å². The highest BCUT2D eigenvalue weighted by Crippen LogP contribution is 2.38. The van der Waals surface area contributed by atoms with Crippen molar-refractivity contribution in [3.05, 3.63) is 12.7 Å². The van der Waals surface area contributed by atoms with Crippen LogP contribution >= 0.6 is 0 Å². The zero-order valence-corrected chi connectivity index (χ0v) is 21.3. The van der Waals surface area contributed by atoms with Crippen molar-refractivity contribution in [3.8, 4) is 0 Å². The average Bonchev–Trinajstić information content (AvgIpc) is 2.55. The van der Waals surface area contributed by atoms with Gasteiger partial charge in [-0.25, -0.2) is 0 Å². The maximum absolute atomic E-state index is 6.40. The molecule has 4 nitrogen and oxygen atoms in total. The van der Waals surface area contributed by atoms with Crippen molar-refractivity contribution in [1.82, 2.24) is 0 Å². The van der Waals surface area contributed by atoms with E-state index in [-0.39, 0.29) is 23.4 Å². The first-order chi connectivity index (χ1) is 13.3. The highest BCUT2D eigenvalue weighted by Gasteiger charge is 2.40. The van der Waals surface area contributed by atoms with Crippen LogP contribution in [-0.2, 0) is 18.6 Å². The van der Waals surface area contributed by atoms with Gasteiger partial charge in [0.2, 0.25) is 0 Å². The van der Waals surface area contributed by atoms with Gasteiger partial charge >= 0.3 is 0 Å². The molecule has 5 heteroatoms. The van der Waals surface area contributed by atoms with Gasteiger partial charge in [0.25, 0.3) is 0 Å². The summed E-state index contributed by atoms with van der Waals surface area (Å²) in [4.78, 5) is 0. The van der Waals surface area contributed by atoms with E-state index in [2.05, 4.69) is 47.4 Å². The van der Waals surface area contributed by atoms with Crippen molar-refractivity contribution >= 4 is 8.32 Å². The molecule has 0 unspecified atom stereocenters. The quantitative estimate of drug-likeness (QED) is 0.330. The van der Waals surface area contributed by atoms with Crippen molar-refractivity contribution in [1.29, 1.82) is 0 Å². The first-order valence-electron chi connectivity index (χ1n) is 11.6. The Balaban J connectivity index is 1.90. The number of hydrogen-bond donors (Lipinski definition) is 0.